The molecule has 0 bridgehead atoms. The lowest BCUT2D eigenvalue weighted by Crippen LogP contribution is -2.36. The Morgan fingerprint density at radius 3 is 2.62 bits per heavy atom. The predicted octanol–water partition coefficient (Wildman–Crippen LogP) is 2.69. The Balaban J connectivity index is 2.09. The number of nitrogens with one attached hydrogen (secondary N) is 1. The number of carbonyl (C=O) groups is 1. The zero-order valence-corrected chi connectivity index (χ0v) is 11.7. The molecule has 1 aromatic rings. The van der Waals surface area contributed by atoms with Gasteiger partial charge in [-0.2, -0.15) is 13.2 Å². The summed E-state index contributed by atoms with van der Waals surface area (Å²) in [6, 6.07) is 6.86. The number of amides is 1. The second-order valence-corrected chi connectivity index (χ2v) is 5.20. The summed E-state index contributed by atoms with van der Waals surface area (Å²) < 4.78 is 47.7. The SMILES string of the molecule is CC1(C)OC[C@H](c2ccccc2CNC(=O)C(F)(F)F)O1. The number of ether oxygens (including phenoxy) is 2. The monoisotopic (exact) mass is 303 g/mol. The van der Waals surface area contributed by atoms with Gasteiger partial charge in [-0.3, -0.25) is 4.79 Å². The Hall–Kier alpha value is -1.60. The summed E-state index contributed by atoms with van der Waals surface area (Å²) in [7, 11) is 0. The molecule has 1 atom stereocenters. The Bertz CT molecular complexity index is 528. The van der Waals surface area contributed by atoms with Crippen LogP contribution in [0.15, 0.2) is 24.3 Å². The summed E-state index contributed by atoms with van der Waals surface area (Å²) in [4.78, 5) is 10.9. The van der Waals surface area contributed by atoms with E-state index >= 15 is 0 Å². The van der Waals surface area contributed by atoms with Gasteiger partial charge in [0, 0.05) is 6.54 Å². The molecule has 1 aliphatic heterocycles. The Kier molecular flexibility index (Phi) is 4.25. The number of hydrogen-bond donors (Lipinski definition) is 1. The minimum Gasteiger partial charge on any atom is -0.347 e. The van der Waals surface area contributed by atoms with Crippen molar-refractivity contribution in [3.63, 3.8) is 0 Å². The molecular weight excluding hydrogens is 287 g/mol. The van der Waals surface area contributed by atoms with Crippen molar-refractivity contribution in [2.75, 3.05) is 6.61 Å². The van der Waals surface area contributed by atoms with Crippen LogP contribution in [-0.4, -0.2) is 24.5 Å². The minimum absolute atomic E-state index is 0.213. The average molecular weight is 303 g/mol. The molecule has 116 valence electrons. The second-order valence-electron chi connectivity index (χ2n) is 5.20. The highest BCUT2D eigenvalue weighted by molar-refractivity contribution is 5.81. The number of alkyl halides is 3. The maximum atomic E-state index is 12.2. The van der Waals surface area contributed by atoms with Crippen LogP contribution in [0, 0.1) is 0 Å². The summed E-state index contributed by atoms with van der Waals surface area (Å²) >= 11 is 0. The maximum absolute atomic E-state index is 12.2. The first-order valence-corrected chi connectivity index (χ1v) is 6.44. The fraction of sp³-hybridized carbons (Fsp3) is 0.500. The van der Waals surface area contributed by atoms with Crippen molar-refractivity contribution in [1.29, 1.82) is 0 Å². The fourth-order valence-electron chi connectivity index (χ4n) is 2.13. The predicted molar refractivity (Wildman–Crippen MR) is 68.2 cm³/mol. The smallest absolute Gasteiger partial charge is 0.347 e. The van der Waals surface area contributed by atoms with Crippen molar-refractivity contribution in [2.24, 2.45) is 0 Å². The third-order valence-electron chi connectivity index (χ3n) is 3.11. The molecule has 0 unspecified atom stereocenters. The average Bonchev–Trinajstić information content (AvgIpc) is 2.75. The lowest BCUT2D eigenvalue weighted by molar-refractivity contribution is -0.173. The molecule has 1 N–H and O–H groups in total. The number of rotatable bonds is 3. The summed E-state index contributed by atoms with van der Waals surface area (Å²) in [5, 5.41) is 1.86. The van der Waals surface area contributed by atoms with Crippen LogP contribution in [0.3, 0.4) is 0 Å². The molecule has 0 aliphatic carbocycles. The summed E-state index contributed by atoms with van der Waals surface area (Å²) in [6.45, 7) is 3.63. The van der Waals surface area contributed by atoms with Gasteiger partial charge in [0.05, 0.1) is 6.61 Å². The zero-order chi connectivity index (χ0) is 15.7. The highest BCUT2D eigenvalue weighted by Crippen LogP contribution is 2.34. The molecule has 1 amide bonds. The van der Waals surface area contributed by atoms with E-state index in [-0.39, 0.29) is 12.6 Å². The molecule has 0 radical (unpaired) electrons. The zero-order valence-electron chi connectivity index (χ0n) is 11.7. The van der Waals surface area contributed by atoms with E-state index in [2.05, 4.69) is 0 Å². The van der Waals surface area contributed by atoms with E-state index in [0.717, 1.165) is 0 Å². The summed E-state index contributed by atoms with van der Waals surface area (Å²) in [6.07, 6.45) is -5.25. The molecule has 2 rings (SSSR count). The van der Waals surface area contributed by atoms with Crippen LogP contribution in [0.2, 0.25) is 0 Å². The van der Waals surface area contributed by atoms with Gasteiger partial charge in [-0.05, 0) is 25.0 Å². The molecule has 4 nitrogen and oxygen atoms in total. The molecule has 1 heterocycles. The van der Waals surface area contributed by atoms with E-state index in [9.17, 15) is 18.0 Å². The number of benzene rings is 1. The van der Waals surface area contributed by atoms with Crippen molar-refractivity contribution in [2.45, 2.75) is 38.5 Å². The second kappa shape index (κ2) is 5.65. The molecule has 21 heavy (non-hydrogen) atoms. The van der Waals surface area contributed by atoms with E-state index in [4.69, 9.17) is 9.47 Å². The van der Waals surface area contributed by atoms with E-state index in [0.29, 0.717) is 17.7 Å². The number of carbonyl (C=O) groups excluding carboxylic acids is 1. The first-order chi connectivity index (χ1) is 9.69. The molecule has 0 spiro atoms. The van der Waals surface area contributed by atoms with Gasteiger partial charge in [0.25, 0.3) is 0 Å². The summed E-state index contributed by atoms with van der Waals surface area (Å²) in [5.41, 5.74) is 1.28. The molecule has 0 aromatic heterocycles. The highest BCUT2D eigenvalue weighted by Gasteiger charge is 2.39. The molecule has 7 heteroatoms. The van der Waals surface area contributed by atoms with Crippen LogP contribution in [0.1, 0.15) is 31.1 Å². The molecule has 0 saturated carbocycles. The quantitative estimate of drug-likeness (QED) is 0.934. The van der Waals surface area contributed by atoms with Crippen molar-refractivity contribution >= 4 is 5.91 Å². The van der Waals surface area contributed by atoms with Crippen molar-refractivity contribution < 1.29 is 27.4 Å². The first-order valence-electron chi connectivity index (χ1n) is 6.44. The van der Waals surface area contributed by atoms with Crippen LogP contribution in [0.5, 0.6) is 0 Å². The van der Waals surface area contributed by atoms with Gasteiger partial charge in [0.2, 0.25) is 0 Å². The lowest BCUT2D eigenvalue weighted by Gasteiger charge is -2.19. The normalized spacial score (nSPS) is 21.3. The lowest BCUT2D eigenvalue weighted by atomic mass is 10.0. The Morgan fingerprint density at radius 2 is 2.05 bits per heavy atom. The van der Waals surface area contributed by atoms with Crippen LogP contribution in [-0.2, 0) is 20.8 Å². The standard InChI is InChI=1S/C14H16F3NO3/c1-13(2)20-8-11(21-13)10-6-4-3-5-9(10)7-18-12(19)14(15,16)17/h3-6,11H,7-8H2,1-2H3,(H,18,19)/t11-/m1/s1. The van der Waals surface area contributed by atoms with Crippen molar-refractivity contribution in [3.8, 4) is 0 Å². The fourth-order valence-corrected chi connectivity index (χ4v) is 2.13. The molecular formula is C14H16F3NO3. The van der Waals surface area contributed by atoms with Gasteiger partial charge in [-0.1, -0.05) is 24.3 Å². The molecule has 1 aromatic carbocycles. The number of halogens is 3. The molecule has 1 saturated heterocycles. The van der Waals surface area contributed by atoms with E-state index in [1.165, 1.54) is 0 Å². The van der Waals surface area contributed by atoms with Gasteiger partial charge < -0.3 is 14.8 Å². The van der Waals surface area contributed by atoms with Crippen LogP contribution in [0.4, 0.5) is 13.2 Å². The Labute approximate surface area is 120 Å². The van der Waals surface area contributed by atoms with Gasteiger partial charge in [-0.25, -0.2) is 0 Å². The molecule has 1 aliphatic rings. The van der Waals surface area contributed by atoms with E-state index < -0.39 is 17.9 Å². The largest absolute Gasteiger partial charge is 0.471 e. The number of hydrogen-bond acceptors (Lipinski definition) is 3. The van der Waals surface area contributed by atoms with Crippen molar-refractivity contribution in [1.82, 2.24) is 5.32 Å². The van der Waals surface area contributed by atoms with Crippen molar-refractivity contribution in [3.05, 3.63) is 35.4 Å². The third-order valence-corrected chi connectivity index (χ3v) is 3.11. The minimum atomic E-state index is -4.89. The molecule has 1 fully saturated rings. The van der Waals surface area contributed by atoms with Gasteiger partial charge in [0.15, 0.2) is 5.79 Å². The van der Waals surface area contributed by atoms with Gasteiger partial charge in [-0.15, -0.1) is 0 Å². The van der Waals surface area contributed by atoms with Gasteiger partial charge in [0.1, 0.15) is 6.10 Å². The first kappa shape index (κ1) is 15.8. The topological polar surface area (TPSA) is 47.6 Å². The van der Waals surface area contributed by atoms with Gasteiger partial charge >= 0.3 is 12.1 Å². The third kappa shape index (κ3) is 3.95. The summed E-state index contributed by atoms with van der Waals surface area (Å²) in [5.74, 6) is -2.69. The highest BCUT2D eigenvalue weighted by atomic mass is 19.4. The van der Waals surface area contributed by atoms with E-state index in [1.54, 1.807) is 38.1 Å². The van der Waals surface area contributed by atoms with Crippen LogP contribution in [0.25, 0.3) is 0 Å². The maximum Gasteiger partial charge on any atom is 0.471 e. The van der Waals surface area contributed by atoms with Crippen LogP contribution < -0.4 is 5.32 Å². The van der Waals surface area contributed by atoms with E-state index in [1.807, 2.05) is 5.32 Å². The van der Waals surface area contributed by atoms with Crippen LogP contribution >= 0.6 is 0 Å². The Morgan fingerprint density at radius 1 is 1.38 bits per heavy atom.